The van der Waals surface area contributed by atoms with E-state index in [4.69, 9.17) is 9.15 Å². The Morgan fingerprint density at radius 1 is 1.50 bits per heavy atom. The number of ether oxygens (including phenoxy) is 1. The molecule has 0 amide bonds. The van der Waals surface area contributed by atoms with E-state index in [0.717, 1.165) is 19.4 Å². The highest BCUT2D eigenvalue weighted by atomic mass is 32.2. The van der Waals surface area contributed by atoms with Crippen molar-refractivity contribution in [2.75, 3.05) is 27.2 Å². The number of rotatable bonds is 6. The molecule has 1 fully saturated rings. The number of likely N-dealkylation sites (N-methyl/N-ethyl adjacent to an activating group) is 1. The zero-order chi connectivity index (χ0) is 14.8. The molecule has 1 atom stereocenters. The first kappa shape index (κ1) is 15.5. The Balaban J connectivity index is 2.15. The Morgan fingerprint density at radius 2 is 2.25 bits per heavy atom. The topological polar surface area (TPSA) is 71.8 Å². The minimum absolute atomic E-state index is 0.00115. The van der Waals surface area contributed by atoms with Crippen molar-refractivity contribution in [2.24, 2.45) is 0 Å². The minimum atomic E-state index is -3.52. The van der Waals surface area contributed by atoms with Gasteiger partial charge in [-0.25, -0.2) is 8.42 Å². The zero-order valence-electron chi connectivity index (χ0n) is 12.2. The van der Waals surface area contributed by atoms with E-state index >= 15 is 0 Å². The average Bonchev–Trinajstić information content (AvgIpc) is 2.99. The zero-order valence-corrected chi connectivity index (χ0v) is 13.0. The number of nitrogens with zero attached hydrogens (tertiary/aromatic N) is 1. The lowest BCUT2D eigenvalue weighted by Crippen LogP contribution is -2.34. The van der Waals surface area contributed by atoms with Gasteiger partial charge in [0.05, 0.1) is 12.6 Å². The van der Waals surface area contributed by atoms with Gasteiger partial charge < -0.3 is 14.5 Å². The molecule has 1 aromatic rings. The summed E-state index contributed by atoms with van der Waals surface area (Å²) in [5.41, 5.74) is 0. The Labute approximate surface area is 120 Å². The van der Waals surface area contributed by atoms with Crippen LogP contribution in [0.2, 0.25) is 0 Å². The molecule has 1 unspecified atom stereocenters. The molecule has 1 aliphatic rings. The van der Waals surface area contributed by atoms with Gasteiger partial charge in [0.15, 0.2) is 0 Å². The lowest BCUT2D eigenvalue weighted by molar-refractivity contribution is 0.0978. The molecule has 0 bridgehead atoms. The summed E-state index contributed by atoms with van der Waals surface area (Å²) in [5, 5.41) is 2.94. The van der Waals surface area contributed by atoms with Crippen LogP contribution in [0.25, 0.3) is 0 Å². The molecule has 0 saturated carbocycles. The maximum absolute atomic E-state index is 12.5. The minimum Gasteiger partial charge on any atom is -0.464 e. The number of aryl methyl sites for hydroxylation is 1. The number of sulfonamides is 1. The summed E-state index contributed by atoms with van der Waals surface area (Å²) in [6.07, 6.45) is 1.91. The van der Waals surface area contributed by atoms with Crippen LogP contribution in [0, 0.1) is 6.92 Å². The fraction of sp³-hybridized carbons (Fsp3) is 0.692. The van der Waals surface area contributed by atoms with Gasteiger partial charge in [0.2, 0.25) is 10.0 Å². The Bertz CT molecular complexity index is 547. The molecular weight excluding hydrogens is 280 g/mol. The predicted octanol–water partition coefficient (Wildman–Crippen LogP) is 1.11. The summed E-state index contributed by atoms with van der Waals surface area (Å²) in [6, 6.07) is 1.59. The van der Waals surface area contributed by atoms with Crippen LogP contribution < -0.4 is 5.32 Å². The van der Waals surface area contributed by atoms with E-state index in [1.807, 2.05) is 0 Å². The second-order valence-corrected chi connectivity index (χ2v) is 7.10. The van der Waals surface area contributed by atoms with E-state index in [1.54, 1.807) is 27.1 Å². The van der Waals surface area contributed by atoms with Crippen molar-refractivity contribution in [1.82, 2.24) is 9.62 Å². The van der Waals surface area contributed by atoms with Gasteiger partial charge >= 0.3 is 0 Å². The first-order chi connectivity index (χ1) is 9.45. The lowest BCUT2D eigenvalue weighted by atomic mass is 10.2. The van der Waals surface area contributed by atoms with Gasteiger partial charge in [-0.2, -0.15) is 4.31 Å². The normalized spacial score (nSPS) is 19.9. The van der Waals surface area contributed by atoms with Crippen molar-refractivity contribution in [1.29, 1.82) is 0 Å². The molecule has 1 aliphatic heterocycles. The number of nitrogens with one attached hydrogen (secondary N) is 1. The SMILES string of the molecule is CNCc1cc(S(=O)(=O)N(C)CC2CCCO2)c(C)o1. The highest BCUT2D eigenvalue weighted by Crippen LogP contribution is 2.24. The molecule has 114 valence electrons. The fourth-order valence-corrected chi connectivity index (χ4v) is 3.77. The molecule has 0 spiro atoms. The summed E-state index contributed by atoms with van der Waals surface area (Å²) in [6.45, 7) is 3.28. The average molecular weight is 302 g/mol. The maximum atomic E-state index is 12.5. The largest absolute Gasteiger partial charge is 0.464 e. The van der Waals surface area contributed by atoms with Gasteiger partial charge in [-0.15, -0.1) is 0 Å². The molecule has 6 nitrogen and oxygen atoms in total. The van der Waals surface area contributed by atoms with Crippen LogP contribution in [0.4, 0.5) is 0 Å². The highest BCUT2D eigenvalue weighted by molar-refractivity contribution is 7.89. The number of hydrogen-bond donors (Lipinski definition) is 1. The molecule has 20 heavy (non-hydrogen) atoms. The number of hydrogen-bond acceptors (Lipinski definition) is 5. The standard InChI is InChI=1S/C13H22N2O4S/c1-10-13(7-12(19-10)8-14-2)20(16,17)15(3)9-11-5-4-6-18-11/h7,11,14H,4-6,8-9H2,1-3H3. The van der Waals surface area contributed by atoms with Crippen molar-refractivity contribution in [3.8, 4) is 0 Å². The molecule has 1 aromatic heterocycles. The van der Waals surface area contributed by atoms with Crippen molar-refractivity contribution in [3.63, 3.8) is 0 Å². The van der Waals surface area contributed by atoms with E-state index in [2.05, 4.69) is 5.32 Å². The van der Waals surface area contributed by atoms with Crippen LogP contribution in [0.3, 0.4) is 0 Å². The van der Waals surface area contributed by atoms with Crippen LogP contribution in [-0.4, -0.2) is 46.1 Å². The van der Waals surface area contributed by atoms with Crippen LogP contribution in [0.1, 0.15) is 24.4 Å². The molecule has 1 saturated heterocycles. The molecule has 0 radical (unpaired) electrons. The third-order valence-corrected chi connectivity index (χ3v) is 5.38. The summed E-state index contributed by atoms with van der Waals surface area (Å²) < 4.78 is 37.4. The molecule has 1 N–H and O–H groups in total. The molecule has 0 aromatic carbocycles. The smallest absolute Gasteiger partial charge is 0.246 e. The van der Waals surface area contributed by atoms with E-state index < -0.39 is 10.0 Å². The van der Waals surface area contributed by atoms with Gasteiger partial charge in [0, 0.05) is 26.3 Å². The van der Waals surface area contributed by atoms with Crippen molar-refractivity contribution >= 4 is 10.0 Å². The molecular formula is C13H22N2O4S. The summed E-state index contributed by atoms with van der Waals surface area (Å²) in [7, 11) is -0.151. The van der Waals surface area contributed by atoms with Crippen molar-refractivity contribution in [3.05, 3.63) is 17.6 Å². The van der Waals surface area contributed by atoms with Crippen LogP contribution in [0.5, 0.6) is 0 Å². The third-order valence-electron chi connectivity index (χ3n) is 3.45. The van der Waals surface area contributed by atoms with Crippen LogP contribution in [-0.2, 0) is 21.3 Å². The fourth-order valence-electron chi connectivity index (χ4n) is 2.38. The van der Waals surface area contributed by atoms with Crippen LogP contribution in [0.15, 0.2) is 15.4 Å². The summed E-state index contributed by atoms with van der Waals surface area (Å²) in [5.74, 6) is 1.04. The first-order valence-corrected chi connectivity index (χ1v) is 8.21. The molecule has 7 heteroatoms. The van der Waals surface area contributed by atoms with Gasteiger partial charge in [-0.1, -0.05) is 0 Å². The predicted molar refractivity (Wildman–Crippen MR) is 75.0 cm³/mol. The van der Waals surface area contributed by atoms with E-state index in [0.29, 0.717) is 24.6 Å². The second-order valence-electron chi connectivity index (χ2n) is 5.08. The third kappa shape index (κ3) is 3.22. The van der Waals surface area contributed by atoms with Gasteiger partial charge in [0.1, 0.15) is 16.4 Å². The first-order valence-electron chi connectivity index (χ1n) is 6.77. The lowest BCUT2D eigenvalue weighted by Gasteiger charge is -2.19. The number of furan rings is 1. The van der Waals surface area contributed by atoms with Crippen molar-refractivity contribution < 1.29 is 17.6 Å². The van der Waals surface area contributed by atoms with Gasteiger partial charge in [0.25, 0.3) is 0 Å². The van der Waals surface area contributed by atoms with Crippen LogP contribution >= 0.6 is 0 Å². The highest BCUT2D eigenvalue weighted by Gasteiger charge is 2.29. The molecule has 2 heterocycles. The summed E-state index contributed by atoms with van der Waals surface area (Å²) in [4.78, 5) is 0.239. The Hall–Kier alpha value is -0.890. The van der Waals surface area contributed by atoms with Gasteiger partial charge in [-0.3, -0.25) is 0 Å². The summed E-state index contributed by atoms with van der Waals surface area (Å²) >= 11 is 0. The van der Waals surface area contributed by atoms with E-state index in [9.17, 15) is 8.42 Å². The van der Waals surface area contributed by atoms with E-state index in [1.165, 1.54) is 4.31 Å². The second kappa shape index (κ2) is 6.26. The monoisotopic (exact) mass is 302 g/mol. The molecule has 2 rings (SSSR count). The Morgan fingerprint density at radius 3 is 2.85 bits per heavy atom. The Kier molecular flexibility index (Phi) is 4.85. The maximum Gasteiger partial charge on any atom is 0.246 e. The van der Waals surface area contributed by atoms with Gasteiger partial charge in [-0.05, 0) is 26.8 Å². The quantitative estimate of drug-likeness (QED) is 0.852. The van der Waals surface area contributed by atoms with E-state index in [-0.39, 0.29) is 11.0 Å². The van der Waals surface area contributed by atoms with Crippen molar-refractivity contribution in [2.45, 2.75) is 37.3 Å². The molecule has 0 aliphatic carbocycles.